The number of hydrogen-bond acceptors (Lipinski definition) is 3. The van der Waals surface area contributed by atoms with Crippen LogP contribution in [0.1, 0.15) is 33.6 Å². The van der Waals surface area contributed by atoms with Crippen LogP contribution in [0.2, 0.25) is 5.02 Å². The second kappa shape index (κ2) is 8.70. The molecule has 1 atom stereocenters. The lowest BCUT2D eigenvalue weighted by molar-refractivity contribution is 0.295. The van der Waals surface area contributed by atoms with Gasteiger partial charge in [0, 0.05) is 21.8 Å². The van der Waals surface area contributed by atoms with Crippen LogP contribution >= 0.6 is 11.6 Å². The third-order valence-electron chi connectivity index (χ3n) is 5.04. The Bertz CT molecular complexity index is 874. The van der Waals surface area contributed by atoms with Gasteiger partial charge in [-0.3, -0.25) is 0 Å². The predicted molar refractivity (Wildman–Crippen MR) is 114 cm³/mol. The Morgan fingerprint density at radius 3 is 2.54 bits per heavy atom. The maximum Gasteiger partial charge on any atom is 0.0731 e. The number of rotatable bonds is 8. The van der Waals surface area contributed by atoms with Gasteiger partial charge < -0.3 is 10.2 Å². The third-order valence-corrected chi connectivity index (χ3v) is 5.27. The summed E-state index contributed by atoms with van der Waals surface area (Å²) in [7, 11) is 0. The summed E-state index contributed by atoms with van der Waals surface area (Å²) in [6.07, 6.45) is 2.33. The molecule has 0 radical (unpaired) electrons. The molecule has 3 aromatic rings. The van der Waals surface area contributed by atoms with E-state index in [9.17, 15) is 0 Å². The lowest BCUT2D eigenvalue weighted by atomic mass is 10.1. The number of halogens is 1. The van der Waals surface area contributed by atoms with Crippen molar-refractivity contribution in [3.05, 3.63) is 47.5 Å². The molecule has 0 spiro atoms. The molecule has 0 fully saturated rings. The van der Waals surface area contributed by atoms with Crippen molar-refractivity contribution in [1.29, 1.82) is 0 Å². The first-order chi connectivity index (χ1) is 12.6. The van der Waals surface area contributed by atoms with Crippen molar-refractivity contribution in [3.63, 3.8) is 0 Å². The van der Waals surface area contributed by atoms with E-state index in [1.54, 1.807) is 0 Å². The van der Waals surface area contributed by atoms with Gasteiger partial charge in [0.25, 0.3) is 0 Å². The minimum Gasteiger partial charge on any atom is -0.381 e. The van der Waals surface area contributed by atoms with Gasteiger partial charge in [0.15, 0.2) is 0 Å². The Hall–Kier alpha value is -1.84. The largest absolute Gasteiger partial charge is 0.381 e. The zero-order valence-electron chi connectivity index (χ0n) is 15.9. The van der Waals surface area contributed by atoms with Crippen LogP contribution < -0.4 is 5.32 Å². The number of fused-ring (bicyclic) bond motifs is 2. The summed E-state index contributed by atoms with van der Waals surface area (Å²) in [6, 6.07) is 14.6. The van der Waals surface area contributed by atoms with E-state index in [1.165, 1.54) is 6.42 Å². The van der Waals surface area contributed by atoms with E-state index < -0.39 is 0 Å². The predicted octanol–water partition coefficient (Wildman–Crippen LogP) is 5.96. The van der Waals surface area contributed by atoms with Crippen LogP contribution in [-0.4, -0.2) is 35.6 Å². The number of hydrogen-bond donors (Lipinski definition) is 1. The number of nitrogens with zero attached hydrogens (tertiary/aromatic N) is 2. The number of para-hydroxylation sites is 1. The number of nitrogens with one attached hydrogen (secondary N) is 1. The van der Waals surface area contributed by atoms with Crippen LogP contribution in [0.5, 0.6) is 0 Å². The molecular weight excluding hydrogens is 342 g/mol. The van der Waals surface area contributed by atoms with E-state index in [0.29, 0.717) is 6.04 Å². The van der Waals surface area contributed by atoms with Crippen molar-refractivity contribution in [1.82, 2.24) is 9.88 Å². The molecule has 0 amide bonds. The molecule has 0 saturated carbocycles. The Kier molecular flexibility index (Phi) is 6.33. The molecule has 4 heteroatoms. The number of anilines is 1. The van der Waals surface area contributed by atoms with E-state index >= 15 is 0 Å². The highest BCUT2D eigenvalue weighted by Gasteiger charge is 2.12. The van der Waals surface area contributed by atoms with Crippen molar-refractivity contribution < 1.29 is 0 Å². The monoisotopic (exact) mass is 369 g/mol. The first kappa shape index (κ1) is 18.9. The van der Waals surface area contributed by atoms with Crippen LogP contribution in [0.3, 0.4) is 0 Å². The highest BCUT2D eigenvalue weighted by Crippen LogP contribution is 2.33. The minimum atomic E-state index is 0.388. The van der Waals surface area contributed by atoms with Crippen LogP contribution in [0, 0.1) is 0 Å². The van der Waals surface area contributed by atoms with Gasteiger partial charge in [0.2, 0.25) is 0 Å². The fraction of sp³-hybridized carbons (Fsp3) is 0.409. The topological polar surface area (TPSA) is 28.2 Å². The van der Waals surface area contributed by atoms with E-state index in [1.807, 2.05) is 24.3 Å². The summed E-state index contributed by atoms with van der Waals surface area (Å²) in [5.74, 6) is 0. The molecule has 0 saturated heterocycles. The first-order valence-corrected chi connectivity index (χ1v) is 9.97. The van der Waals surface area contributed by atoms with Gasteiger partial charge in [-0.05, 0) is 63.7 Å². The Labute approximate surface area is 161 Å². The maximum absolute atomic E-state index is 6.27. The van der Waals surface area contributed by atoms with Gasteiger partial charge in [-0.15, -0.1) is 0 Å². The fourth-order valence-corrected chi connectivity index (χ4v) is 3.67. The van der Waals surface area contributed by atoms with E-state index in [4.69, 9.17) is 16.6 Å². The van der Waals surface area contributed by atoms with Crippen molar-refractivity contribution >= 4 is 39.1 Å². The lowest BCUT2D eigenvalue weighted by Crippen LogP contribution is -2.25. The molecule has 2 aromatic carbocycles. The Balaban J connectivity index is 1.86. The summed E-state index contributed by atoms with van der Waals surface area (Å²) in [5, 5.41) is 6.73. The van der Waals surface area contributed by atoms with Crippen molar-refractivity contribution in [2.75, 3.05) is 25.0 Å². The first-order valence-electron chi connectivity index (χ1n) is 9.59. The molecule has 1 heterocycles. The minimum absolute atomic E-state index is 0.388. The molecule has 1 unspecified atom stereocenters. The van der Waals surface area contributed by atoms with Crippen molar-refractivity contribution in [2.24, 2.45) is 0 Å². The van der Waals surface area contributed by atoms with E-state index in [0.717, 1.165) is 58.6 Å². The van der Waals surface area contributed by atoms with Crippen molar-refractivity contribution in [3.8, 4) is 0 Å². The summed E-state index contributed by atoms with van der Waals surface area (Å²) < 4.78 is 0. The van der Waals surface area contributed by atoms with Crippen molar-refractivity contribution in [2.45, 2.75) is 39.7 Å². The highest BCUT2D eigenvalue weighted by atomic mass is 35.5. The molecule has 0 aliphatic carbocycles. The van der Waals surface area contributed by atoms with E-state index in [-0.39, 0.29) is 0 Å². The molecule has 3 rings (SSSR count). The molecular formula is C22H28ClN3. The molecule has 3 nitrogen and oxygen atoms in total. The Morgan fingerprint density at radius 2 is 1.77 bits per heavy atom. The van der Waals surface area contributed by atoms with Crippen LogP contribution in [0.15, 0.2) is 42.5 Å². The van der Waals surface area contributed by atoms with Crippen LogP contribution in [-0.2, 0) is 0 Å². The van der Waals surface area contributed by atoms with Crippen LogP contribution in [0.4, 0.5) is 5.69 Å². The van der Waals surface area contributed by atoms with Gasteiger partial charge in [-0.25, -0.2) is 4.98 Å². The molecule has 1 N–H and O–H groups in total. The quantitative estimate of drug-likeness (QED) is 0.496. The number of pyridine rings is 1. The normalized spacial score (nSPS) is 12.8. The zero-order chi connectivity index (χ0) is 18.5. The second-order valence-electron chi connectivity index (χ2n) is 6.88. The smallest absolute Gasteiger partial charge is 0.0731 e. The summed E-state index contributed by atoms with van der Waals surface area (Å²) in [5.41, 5.74) is 3.13. The molecule has 0 aliphatic heterocycles. The number of aromatic nitrogens is 1. The zero-order valence-corrected chi connectivity index (χ0v) is 16.7. The summed E-state index contributed by atoms with van der Waals surface area (Å²) in [4.78, 5) is 7.26. The molecule has 0 bridgehead atoms. The summed E-state index contributed by atoms with van der Waals surface area (Å²) in [6.45, 7) is 10.1. The summed E-state index contributed by atoms with van der Waals surface area (Å²) >= 11 is 6.27. The van der Waals surface area contributed by atoms with Gasteiger partial charge >= 0.3 is 0 Å². The standard InChI is InChI=1S/C22H28ClN3/c1-4-26(5-2)14-8-9-16(3)24-22-18-10-6-7-11-20(18)25-21-13-12-17(23)15-19(21)22/h6-7,10-13,15-16H,4-5,8-9,14H2,1-3H3,(H,24,25). The average molecular weight is 370 g/mol. The average Bonchev–Trinajstić information content (AvgIpc) is 2.65. The SMILES string of the molecule is CCN(CC)CCCC(C)Nc1c2ccccc2nc2ccc(Cl)cc12. The molecule has 1 aromatic heterocycles. The highest BCUT2D eigenvalue weighted by molar-refractivity contribution is 6.31. The van der Waals surface area contributed by atoms with Gasteiger partial charge in [-0.1, -0.05) is 43.6 Å². The maximum atomic E-state index is 6.27. The number of benzene rings is 2. The van der Waals surface area contributed by atoms with Crippen LogP contribution in [0.25, 0.3) is 21.8 Å². The molecule has 26 heavy (non-hydrogen) atoms. The Morgan fingerprint density at radius 1 is 1.04 bits per heavy atom. The van der Waals surface area contributed by atoms with Gasteiger partial charge in [0.1, 0.15) is 0 Å². The van der Waals surface area contributed by atoms with Gasteiger partial charge in [-0.2, -0.15) is 0 Å². The molecule has 0 aliphatic rings. The second-order valence-corrected chi connectivity index (χ2v) is 7.32. The lowest BCUT2D eigenvalue weighted by Gasteiger charge is -2.21. The van der Waals surface area contributed by atoms with Gasteiger partial charge in [0.05, 0.1) is 16.7 Å². The van der Waals surface area contributed by atoms with E-state index in [2.05, 4.69) is 49.2 Å². The third kappa shape index (κ3) is 4.28. The molecule has 138 valence electrons. The fourth-order valence-electron chi connectivity index (χ4n) is 3.50.